The Kier molecular flexibility index (Phi) is 5.41. The van der Waals surface area contributed by atoms with Gasteiger partial charge in [-0.25, -0.2) is 0 Å². The van der Waals surface area contributed by atoms with Gasteiger partial charge in [0.25, 0.3) is 0 Å². The fourth-order valence-corrected chi connectivity index (χ4v) is 12.0. The summed E-state index contributed by atoms with van der Waals surface area (Å²) >= 11 is 0. The summed E-state index contributed by atoms with van der Waals surface area (Å²) in [6, 6.07) is 49.0. The van der Waals surface area contributed by atoms with Gasteiger partial charge in [0.05, 0.1) is 11.4 Å². The van der Waals surface area contributed by atoms with Crippen molar-refractivity contribution in [1.82, 2.24) is 0 Å². The molecule has 0 unspecified atom stereocenters. The second-order valence-electron chi connectivity index (χ2n) is 16.2. The largest absolute Gasteiger partial charge is 0.310 e. The number of anilines is 3. The van der Waals surface area contributed by atoms with E-state index in [0.29, 0.717) is 11.8 Å². The Labute approximate surface area is 284 Å². The van der Waals surface area contributed by atoms with Crippen molar-refractivity contribution in [3.8, 4) is 22.3 Å². The second-order valence-corrected chi connectivity index (χ2v) is 16.2. The van der Waals surface area contributed by atoms with E-state index in [2.05, 4.69) is 146 Å². The molecule has 48 heavy (non-hydrogen) atoms. The zero-order valence-corrected chi connectivity index (χ0v) is 27.9. The average molecular weight is 620 g/mol. The molecule has 6 aliphatic carbocycles. The van der Waals surface area contributed by atoms with Crippen LogP contribution in [0.1, 0.15) is 68.2 Å². The van der Waals surface area contributed by atoms with Crippen molar-refractivity contribution in [1.29, 1.82) is 0 Å². The van der Waals surface area contributed by atoms with Crippen molar-refractivity contribution in [3.63, 3.8) is 0 Å². The Morgan fingerprint density at radius 3 is 1.88 bits per heavy atom. The number of hydrogen-bond donors (Lipinski definition) is 0. The lowest BCUT2D eigenvalue weighted by molar-refractivity contribution is -0.0397. The topological polar surface area (TPSA) is 3.24 Å². The molecule has 0 aliphatic heterocycles. The first-order valence-corrected chi connectivity index (χ1v) is 18.3. The zero-order chi connectivity index (χ0) is 31.8. The summed E-state index contributed by atoms with van der Waals surface area (Å²) in [7, 11) is 0. The number of hydrogen-bond acceptors (Lipinski definition) is 1. The maximum atomic E-state index is 2.67. The molecule has 0 radical (unpaired) electrons. The average Bonchev–Trinajstić information content (AvgIpc) is 3.54. The van der Waals surface area contributed by atoms with Crippen molar-refractivity contribution >= 4 is 27.8 Å². The van der Waals surface area contributed by atoms with E-state index < -0.39 is 0 Å². The van der Waals surface area contributed by atoms with E-state index in [1.54, 1.807) is 11.1 Å². The van der Waals surface area contributed by atoms with Crippen molar-refractivity contribution in [2.75, 3.05) is 4.90 Å². The molecule has 1 spiro atoms. The molecular formula is C47H41N. The van der Waals surface area contributed by atoms with E-state index in [4.69, 9.17) is 0 Å². The fourth-order valence-electron chi connectivity index (χ4n) is 12.0. The maximum Gasteiger partial charge on any atom is 0.0540 e. The van der Waals surface area contributed by atoms with E-state index in [1.807, 2.05) is 0 Å². The van der Waals surface area contributed by atoms with Crippen LogP contribution in [-0.2, 0) is 10.8 Å². The van der Waals surface area contributed by atoms with Gasteiger partial charge in [-0.15, -0.1) is 0 Å². The summed E-state index contributed by atoms with van der Waals surface area (Å²) < 4.78 is 0. The van der Waals surface area contributed by atoms with Gasteiger partial charge in [-0.2, -0.15) is 0 Å². The third kappa shape index (κ3) is 3.38. The highest BCUT2D eigenvalue weighted by molar-refractivity contribution is 6.01. The van der Waals surface area contributed by atoms with Gasteiger partial charge in [-0.3, -0.25) is 0 Å². The Hall–Kier alpha value is -4.62. The molecule has 4 bridgehead atoms. The van der Waals surface area contributed by atoms with Crippen LogP contribution in [0.25, 0.3) is 33.0 Å². The quantitative estimate of drug-likeness (QED) is 0.190. The monoisotopic (exact) mass is 619 g/mol. The zero-order valence-electron chi connectivity index (χ0n) is 27.9. The molecule has 234 valence electrons. The molecule has 6 aromatic carbocycles. The van der Waals surface area contributed by atoms with Crippen LogP contribution >= 0.6 is 0 Å². The fraction of sp³-hybridized carbons (Fsp3) is 0.277. The highest BCUT2D eigenvalue weighted by Crippen LogP contribution is 2.71. The number of nitrogens with zero attached hydrogens (tertiary/aromatic N) is 1. The number of rotatable bonds is 3. The van der Waals surface area contributed by atoms with E-state index in [1.165, 1.54) is 93.3 Å². The first kappa shape index (κ1) is 27.3. The van der Waals surface area contributed by atoms with Crippen molar-refractivity contribution < 1.29 is 0 Å². The van der Waals surface area contributed by atoms with Crippen LogP contribution in [-0.4, -0.2) is 0 Å². The highest BCUT2D eigenvalue weighted by Gasteiger charge is 2.62. The van der Waals surface area contributed by atoms with Gasteiger partial charge in [-0.1, -0.05) is 117 Å². The van der Waals surface area contributed by atoms with Gasteiger partial charge in [-0.05, 0) is 130 Å². The minimum Gasteiger partial charge on any atom is -0.310 e. The van der Waals surface area contributed by atoms with E-state index >= 15 is 0 Å². The van der Waals surface area contributed by atoms with Crippen LogP contribution in [0.5, 0.6) is 0 Å². The Balaban J connectivity index is 1.21. The molecule has 6 aromatic rings. The SMILES string of the molecule is CC1(C)c2ccccc2-c2ccc(N(c3cccc4c3C3(c5ccccc5-4)C4CC5CC(C4)CC3C5)c3cccc4ccccc34)cc21. The van der Waals surface area contributed by atoms with Gasteiger partial charge in [0, 0.05) is 21.9 Å². The lowest BCUT2D eigenvalue weighted by Gasteiger charge is -2.61. The summed E-state index contributed by atoms with van der Waals surface area (Å²) in [5.74, 6) is 3.24. The molecular weight excluding hydrogens is 579 g/mol. The van der Waals surface area contributed by atoms with Gasteiger partial charge in [0.15, 0.2) is 0 Å². The lowest BCUT2D eigenvalue weighted by Crippen LogP contribution is -2.55. The standard InChI is InChI=1S/C47H41N/c1-46(2)40-17-7-5-14-36(40)38-22-21-34(28-42(38)46)48(43-19-9-12-31-11-3-4-13-35(31)43)44-20-10-16-39-37-15-6-8-18-41(37)47(45(39)44)32-24-29-23-30(26-32)27-33(47)25-29/h3-22,28-30,32-33H,23-27H2,1-2H3. The molecule has 6 aliphatic rings. The molecule has 0 N–H and O–H groups in total. The van der Waals surface area contributed by atoms with Gasteiger partial charge in [0.2, 0.25) is 0 Å². The third-order valence-electron chi connectivity index (χ3n) is 13.6. The Morgan fingerprint density at radius 1 is 0.500 bits per heavy atom. The summed E-state index contributed by atoms with van der Waals surface area (Å²) in [5.41, 5.74) is 15.7. The van der Waals surface area contributed by atoms with Gasteiger partial charge < -0.3 is 4.90 Å². The number of fused-ring (bicyclic) bond motifs is 7. The second kappa shape index (κ2) is 9.50. The molecule has 4 fully saturated rings. The van der Waals surface area contributed by atoms with Gasteiger partial charge >= 0.3 is 0 Å². The smallest absolute Gasteiger partial charge is 0.0540 e. The first-order chi connectivity index (χ1) is 23.5. The Bertz CT molecular complexity index is 2270. The lowest BCUT2D eigenvalue weighted by atomic mass is 9.43. The minimum absolute atomic E-state index is 0.0656. The van der Waals surface area contributed by atoms with Crippen LogP contribution in [0.4, 0.5) is 17.1 Å². The maximum absolute atomic E-state index is 2.67. The molecule has 0 aromatic heterocycles. The third-order valence-corrected chi connectivity index (χ3v) is 13.6. The van der Waals surface area contributed by atoms with Crippen molar-refractivity contribution in [2.24, 2.45) is 23.7 Å². The molecule has 0 heterocycles. The van der Waals surface area contributed by atoms with Crippen LogP contribution < -0.4 is 4.90 Å². The van der Waals surface area contributed by atoms with Crippen molar-refractivity contribution in [3.05, 3.63) is 150 Å². The van der Waals surface area contributed by atoms with Crippen LogP contribution in [0.3, 0.4) is 0 Å². The number of benzene rings is 6. The van der Waals surface area contributed by atoms with E-state index in [-0.39, 0.29) is 10.8 Å². The van der Waals surface area contributed by atoms with Crippen LogP contribution in [0.15, 0.2) is 127 Å². The van der Waals surface area contributed by atoms with E-state index in [0.717, 1.165) is 11.8 Å². The first-order valence-electron chi connectivity index (χ1n) is 18.3. The van der Waals surface area contributed by atoms with Crippen molar-refractivity contribution in [2.45, 2.75) is 56.8 Å². The van der Waals surface area contributed by atoms with Gasteiger partial charge in [0.1, 0.15) is 0 Å². The summed E-state index contributed by atoms with van der Waals surface area (Å²) in [6.07, 6.45) is 7.00. The van der Waals surface area contributed by atoms with E-state index in [9.17, 15) is 0 Å². The summed E-state index contributed by atoms with van der Waals surface area (Å²) in [6.45, 7) is 4.81. The normalized spacial score (nSPS) is 26.4. The predicted octanol–water partition coefficient (Wildman–Crippen LogP) is 12.3. The molecule has 0 amide bonds. The highest BCUT2D eigenvalue weighted by atomic mass is 15.1. The molecule has 1 heteroatoms. The molecule has 4 saturated carbocycles. The minimum atomic E-state index is -0.0656. The van der Waals surface area contributed by atoms with Crippen LogP contribution in [0, 0.1) is 23.7 Å². The molecule has 12 rings (SSSR count). The summed E-state index contributed by atoms with van der Waals surface area (Å²) in [5, 5.41) is 2.59. The predicted molar refractivity (Wildman–Crippen MR) is 199 cm³/mol. The Morgan fingerprint density at radius 2 is 1.08 bits per heavy atom. The molecule has 0 saturated heterocycles. The van der Waals surface area contributed by atoms with Crippen LogP contribution in [0.2, 0.25) is 0 Å². The molecule has 1 nitrogen and oxygen atoms in total. The summed E-state index contributed by atoms with van der Waals surface area (Å²) in [4.78, 5) is 2.67. The molecule has 0 atom stereocenters.